The van der Waals surface area contributed by atoms with E-state index in [1.165, 1.54) is 135 Å². The molecule has 0 bridgehead atoms. The van der Waals surface area contributed by atoms with E-state index in [2.05, 4.69) is 26.0 Å². The van der Waals surface area contributed by atoms with E-state index in [1.807, 2.05) is 0 Å². The Morgan fingerprint density at radius 2 is 0.825 bits per heavy atom. The van der Waals surface area contributed by atoms with Gasteiger partial charge in [-0.05, 0) is 32.1 Å². The molecule has 372 valence electrons. The predicted molar refractivity (Wildman–Crippen MR) is 249 cm³/mol. The molecule has 0 saturated heterocycles. The number of carbonyl (C=O) groups is 2. The quantitative estimate of drug-likeness (QED) is 0.0146. The number of ether oxygens (including phenoxy) is 2. The first kappa shape index (κ1) is 59.6. The Balaban J connectivity index is 2.31. The molecule has 6 atom stereocenters. The topological polar surface area (TPSA) is 210 Å². The maximum atomic E-state index is 12.8. The number of hydrogen-bond acceptors (Lipinski definition) is 12. The number of unbranched alkanes of at least 4 members (excludes halogenated alkanes) is 29. The molecule has 0 spiro atoms. The second-order valence-electron chi connectivity index (χ2n) is 18.0. The van der Waals surface area contributed by atoms with E-state index in [-0.39, 0.29) is 12.8 Å². The van der Waals surface area contributed by atoms with Crippen molar-refractivity contribution >= 4 is 19.8 Å². The van der Waals surface area contributed by atoms with Crippen molar-refractivity contribution < 1.29 is 63.1 Å². The molecular formula is C49H93O13P. The van der Waals surface area contributed by atoms with Crippen LogP contribution in [0.15, 0.2) is 12.2 Å². The summed E-state index contributed by atoms with van der Waals surface area (Å²) in [6.07, 6.45) is 30.0. The summed E-state index contributed by atoms with van der Waals surface area (Å²) in [4.78, 5) is 35.7. The number of aliphatic hydroxyl groups is 5. The number of allylic oxidation sites excluding steroid dienone is 2. The van der Waals surface area contributed by atoms with E-state index in [9.17, 15) is 44.6 Å². The highest BCUT2D eigenvalue weighted by atomic mass is 31.2. The molecule has 0 aromatic carbocycles. The van der Waals surface area contributed by atoms with Crippen molar-refractivity contribution in [1.82, 2.24) is 0 Å². The predicted octanol–water partition coefficient (Wildman–Crippen LogP) is 10.6. The fraction of sp³-hybridized carbons (Fsp3) is 0.918. The second-order valence-corrected chi connectivity index (χ2v) is 19.4. The van der Waals surface area contributed by atoms with Gasteiger partial charge in [0.1, 0.15) is 43.2 Å². The largest absolute Gasteiger partial charge is 0.472 e. The third kappa shape index (κ3) is 32.0. The lowest BCUT2D eigenvalue weighted by molar-refractivity contribution is -0.220. The molecule has 63 heavy (non-hydrogen) atoms. The van der Waals surface area contributed by atoms with Crippen LogP contribution in [0.1, 0.15) is 232 Å². The lowest BCUT2D eigenvalue weighted by Gasteiger charge is -2.41. The Morgan fingerprint density at radius 1 is 0.476 bits per heavy atom. The molecule has 0 aliphatic heterocycles. The summed E-state index contributed by atoms with van der Waals surface area (Å²) >= 11 is 0. The van der Waals surface area contributed by atoms with Crippen LogP contribution in [0, 0.1) is 0 Å². The molecule has 1 saturated carbocycles. The Bertz CT molecular complexity index is 1160. The number of phosphoric ester groups is 1. The molecule has 14 heteroatoms. The van der Waals surface area contributed by atoms with Gasteiger partial charge >= 0.3 is 19.8 Å². The Hall–Kier alpha value is -1.41. The van der Waals surface area contributed by atoms with Crippen LogP contribution in [-0.4, -0.2) is 98.3 Å². The minimum atomic E-state index is -5.11. The SMILES string of the molecule is CCCC/C=C\CCCCCCCC(=O)OC(COC(=O)CCCCCCCCCCCCCCCCCCCCCCCCC)COP(=O)(O)OC1C(O)C(O)C(O)C(O)C1O. The zero-order chi connectivity index (χ0) is 46.4. The molecule has 6 N–H and O–H groups in total. The minimum absolute atomic E-state index is 0.0900. The van der Waals surface area contributed by atoms with Gasteiger partial charge in [-0.2, -0.15) is 0 Å². The fourth-order valence-corrected chi connectivity index (χ4v) is 8.95. The molecule has 1 aliphatic carbocycles. The first-order valence-electron chi connectivity index (χ1n) is 25.5. The van der Waals surface area contributed by atoms with Crippen LogP contribution in [-0.2, 0) is 32.7 Å². The zero-order valence-corrected chi connectivity index (χ0v) is 40.5. The smallest absolute Gasteiger partial charge is 0.462 e. The minimum Gasteiger partial charge on any atom is -0.462 e. The number of hydrogen-bond donors (Lipinski definition) is 6. The normalized spacial score (nSPS) is 21.7. The molecule has 0 aromatic rings. The monoisotopic (exact) mass is 921 g/mol. The summed E-state index contributed by atoms with van der Waals surface area (Å²) in [7, 11) is -5.11. The van der Waals surface area contributed by atoms with Crippen molar-refractivity contribution in [3.05, 3.63) is 12.2 Å². The number of rotatable bonds is 43. The highest BCUT2D eigenvalue weighted by molar-refractivity contribution is 7.47. The summed E-state index contributed by atoms with van der Waals surface area (Å²) in [5.41, 5.74) is 0. The molecule has 0 aromatic heterocycles. The van der Waals surface area contributed by atoms with Gasteiger partial charge in [-0.25, -0.2) is 4.57 Å². The van der Waals surface area contributed by atoms with Crippen molar-refractivity contribution in [2.24, 2.45) is 0 Å². The van der Waals surface area contributed by atoms with E-state index >= 15 is 0 Å². The lowest BCUT2D eigenvalue weighted by atomic mass is 9.85. The maximum absolute atomic E-state index is 12.8. The Morgan fingerprint density at radius 3 is 1.25 bits per heavy atom. The molecule has 1 fully saturated rings. The van der Waals surface area contributed by atoms with Gasteiger partial charge in [0, 0.05) is 12.8 Å². The third-order valence-electron chi connectivity index (χ3n) is 12.1. The van der Waals surface area contributed by atoms with Crippen molar-refractivity contribution in [3.8, 4) is 0 Å². The van der Waals surface area contributed by atoms with Crippen molar-refractivity contribution in [3.63, 3.8) is 0 Å². The van der Waals surface area contributed by atoms with Crippen molar-refractivity contribution in [2.45, 2.75) is 275 Å². The lowest BCUT2D eigenvalue weighted by Crippen LogP contribution is -2.64. The van der Waals surface area contributed by atoms with Crippen LogP contribution in [0.2, 0.25) is 0 Å². The first-order valence-corrected chi connectivity index (χ1v) is 27.0. The van der Waals surface area contributed by atoms with Crippen LogP contribution in [0.5, 0.6) is 0 Å². The van der Waals surface area contributed by atoms with Crippen LogP contribution < -0.4 is 0 Å². The molecule has 0 amide bonds. The van der Waals surface area contributed by atoms with E-state index < -0.39 is 75.7 Å². The Labute approximate surface area is 382 Å². The van der Waals surface area contributed by atoms with E-state index in [0.29, 0.717) is 12.8 Å². The molecule has 1 rings (SSSR count). The van der Waals surface area contributed by atoms with E-state index in [0.717, 1.165) is 57.8 Å². The number of phosphoric acid groups is 1. The second kappa shape index (κ2) is 39.7. The highest BCUT2D eigenvalue weighted by Gasteiger charge is 2.51. The van der Waals surface area contributed by atoms with Gasteiger partial charge in [-0.15, -0.1) is 0 Å². The number of carbonyl (C=O) groups excluding carboxylic acids is 2. The van der Waals surface area contributed by atoms with Gasteiger partial charge in [0.15, 0.2) is 6.10 Å². The first-order chi connectivity index (χ1) is 30.4. The summed E-state index contributed by atoms with van der Waals surface area (Å²) < 4.78 is 33.5. The van der Waals surface area contributed by atoms with Crippen molar-refractivity contribution in [2.75, 3.05) is 13.2 Å². The van der Waals surface area contributed by atoms with Crippen LogP contribution in [0.25, 0.3) is 0 Å². The molecule has 1 aliphatic rings. The van der Waals surface area contributed by atoms with Gasteiger partial charge in [0.05, 0.1) is 6.61 Å². The standard InChI is InChI=1S/C49H93O13P/c1-3-5-7-9-11-13-15-16-17-18-19-20-21-22-23-24-25-26-28-29-31-33-35-37-42(50)59-39-41(61-43(51)38-36-34-32-30-27-14-12-10-8-6-4-2)40-60-63(57,58)62-49-47(55)45(53)44(52)46(54)48(49)56/h10,12,41,44-49,52-56H,3-9,11,13-40H2,1-2H3,(H,57,58)/b12-10-. The van der Waals surface area contributed by atoms with Crippen molar-refractivity contribution in [1.29, 1.82) is 0 Å². The maximum Gasteiger partial charge on any atom is 0.472 e. The third-order valence-corrected chi connectivity index (χ3v) is 13.1. The average molecular weight is 921 g/mol. The van der Waals surface area contributed by atoms with Crippen LogP contribution in [0.4, 0.5) is 0 Å². The summed E-state index contributed by atoms with van der Waals surface area (Å²) in [5, 5.41) is 50.2. The summed E-state index contributed by atoms with van der Waals surface area (Å²) in [6, 6.07) is 0. The van der Waals surface area contributed by atoms with E-state index in [1.54, 1.807) is 0 Å². The van der Waals surface area contributed by atoms with Gasteiger partial charge in [-0.1, -0.05) is 199 Å². The summed E-state index contributed by atoms with van der Waals surface area (Å²) in [5.74, 6) is -1.10. The molecule has 13 nitrogen and oxygen atoms in total. The average Bonchev–Trinajstić information content (AvgIpc) is 3.26. The Kier molecular flexibility index (Phi) is 37.6. The van der Waals surface area contributed by atoms with E-state index in [4.69, 9.17) is 18.5 Å². The van der Waals surface area contributed by atoms with Gasteiger partial charge < -0.3 is 39.9 Å². The van der Waals surface area contributed by atoms with Crippen LogP contribution >= 0.6 is 7.82 Å². The fourth-order valence-electron chi connectivity index (χ4n) is 7.98. The number of aliphatic hydroxyl groups excluding tert-OH is 5. The molecule has 0 radical (unpaired) electrons. The summed E-state index contributed by atoms with van der Waals surface area (Å²) in [6.45, 7) is 3.28. The van der Waals surface area contributed by atoms with Gasteiger partial charge in [0.25, 0.3) is 0 Å². The molecule has 6 unspecified atom stereocenters. The van der Waals surface area contributed by atoms with Crippen LogP contribution in [0.3, 0.4) is 0 Å². The highest BCUT2D eigenvalue weighted by Crippen LogP contribution is 2.47. The number of esters is 2. The zero-order valence-electron chi connectivity index (χ0n) is 39.6. The van der Waals surface area contributed by atoms with Gasteiger partial charge in [0.2, 0.25) is 0 Å². The van der Waals surface area contributed by atoms with Gasteiger partial charge in [-0.3, -0.25) is 18.6 Å². The molecule has 0 heterocycles. The molecular weight excluding hydrogens is 828 g/mol.